The summed E-state index contributed by atoms with van der Waals surface area (Å²) in [6.45, 7) is 0.967. The number of Topliss-reactive ketones (excluding diaryl/α,β-unsaturated/α-hetero) is 1. The predicted molar refractivity (Wildman–Crippen MR) is 86.9 cm³/mol. The zero-order valence-electron chi connectivity index (χ0n) is 12.5. The van der Waals surface area contributed by atoms with Crippen molar-refractivity contribution in [1.29, 1.82) is 0 Å². The van der Waals surface area contributed by atoms with Gasteiger partial charge in [-0.15, -0.1) is 11.3 Å². The number of benzene rings is 1. The van der Waals surface area contributed by atoms with Crippen LogP contribution in [0.5, 0.6) is 0 Å². The second-order valence-corrected chi connectivity index (χ2v) is 5.83. The van der Waals surface area contributed by atoms with Crippen molar-refractivity contribution in [3.8, 4) is 0 Å². The number of hydrogen-bond donors (Lipinski definition) is 1. The molecule has 2 aromatic rings. The summed E-state index contributed by atoms with van der Waals surface area (Å²) in [6, 6.07) is 11.4. The fourth-order valence-corrected chi connectivity index (χ4v) is 2.79. The zero-order valence-corrected chi connectivity index (χ0v) is 13.3. The summed E-state index contributed by atoms with van der Waals surface area (Å²) in [6.07, 6.45) is 0.454. The third-order valence-corrected chi connectivity index (χ3v) is 4.18. The Labute approximate surface area is 134 Å². The van der Waals surface area contributed by atoms with Crippen LogP contribution in [0, 0.1) is 0 Å². The molecule has 4 nitrogen and oxygen atoms in total. The van der Waals surface area contributed by atoms with Crippen LogP contribution in [0.4, 0.5) is 0 Å². The predicted octanol–water partition coefficient (Wildman–Crippen LogP) is 3.17. The van der Waals surface area contributed by atoms with Crippen LogP contribution in [0.1, 0.15) is 33.6 Å². The van der Waals surface area contributed by atoms with Gasteiger partial charge in [-0.3, -0.25) is 9.59 Å². The standard InChI is InChI=1S/C17H19NO3S/c1-21-12-14-6-3-2-5-13(14)11-18-17(20)9-8-15(19)16-7-4-10-22-16/h2-7,10H,8-9,11-12H2,1H3,(H,18,20). The second kappa shape index (κ2) is 8.46. The number of hydrogen-bond acceptors (Lipinski definition) is 4. The minimum Gasteiger partial charge on any atom is -0.380 e. The smallest absolute Gasteiger partial charge is 0.220 e. The maximum absolute atomic E-state index is 11.9. The molecule has 22 heavy (non-hydrogen) atoms. The molecule has 1 amide bonds. The van der Waals surface area contributed by atoms with E-state index < -0.39 is 0 Å². The molecule has 0 saturated heterocycles. The Balaban J connectivity index is 1.79. The molecule has 0 unspecified atom stereocenters. The molecule has 0 aliphatic carbocycles. The molecule has 5 heteroatoms. The van der Waals surface area contributed by atoms with Gasteiger partial charge in [0.25, 0.3) is 0 Å². The SMILES string of the molecule is COCc1ccccc1CNC(=O)CCC(=O)c1cccs1. The highest BCUT2D eigenvalue weighted by molar-refractivity contribution is 7.12. The number of methoxy groups -OCH3 is 1. The van der Waals surface area contributed by atoms with Gasteiger partial charge in [0.2, 0.25) is 5.91 Å². The average molecular weight is 317 g/mol. The first-order valence-corrected chi connectivity index (χ1v) is 7.98. The van der Waals surface area contributed by atoms with E-state index in [0.29, 0.717) is 18.0 Å². The molecule has 0 fully saturated rings. The monoisotopic (exact) mass is 317 g/mol. The van der Waals surface area contributed by atoms with Crippen LogP contribution in [0.25, 0.3) is 0 Å². The summed E-state index contributed by atoms with van der Waals surface area (Å²) in [5.74, 6) is -0.0953. The van der Waals surface area contributed by atoms with Crippen molar-refractivity contribution in [2.24, 2.45) is 0 Å². The first kappa shape index (κ1) is 16.4. The number of rotatable bonds is 8. The third-order valence-electron chi connectivity index (χ3n) is 3.27. The maximum Gasteiger partial charge on any atom is 0.220 e. The van der Waals surface area contributed by atoms with E-state index in [1.165, 1.54) is 11.3 Å². The molecule has 1 heterocycles. The van der Waals surface area contributed by atoms with Crippen molar-refractivity contribution >= 4 is 23.0 Å². The van der Waals surface area contributed by atoms with Crippen molar-refractivity contribution in [3.05, 3.63) is 57.8 Å². The molecule has 0 bridgehead atoms. The van der Waals surface area contributed by atoms with Gasteiger partial charge < -0.3 is 10.1 Å². The maximum atomic E-state index is 11.9. The molecule has 116 valence electrons. The molecule has 0 saturated carbocycles. The molecule has 0 aliphatic heterocycles. The fourth-order valence-electron chi connectivity index (χ4n) is 2.10. The quantitative estimate of drug-likeness (QED) is 0.761. The van der Waals surface area contributed by atoms with Gasteiger partial charge in [-0.2, -0.15) is 0 Å². The number of amides is 1. The van der Waals surface area contributed by atoms with Crippen LogP contribution in [-0.4, -0.2) is 18.8 Å². The highest BCUT2D eigenvalue weighted by Crippen LogP contribution is 2.13. The summed E-state index contributed by atoms with van der Waals surface area (Å²) in [7, 11) is 1.64. The van der Waals surface area contributed by atoms with Crippen LogP contribution in [0.3, 0.4) is 0 Å². The number of ketones is 1. The fraction of sp³-hybridized carbons (Fsp3) is 0.294. The topological polar surface area (TPSA) is 55.4 Å². The van der Waals surface area contributed by atoms with Crippen molar-refractivity contribution in [2.45, 2.75) is 26.0 Å². The van der Waals surface area contributed by atoms with Crippen LogP contribution in [0.15, 0.2) is 41.8 Å². The Bertz CT molecular complexity index is 623. The van der Waals surface area contributed by atoms with Crippen molar-refractivity contribution in [1.82, 2.24) is 5.32 Å². The van der Waals surface area contributed by atoms with Crippen molar-refractivity contribution < 1.29 is 14.3 Å². The van der Waals surface area contributed by atoms with E-state index >= 15 is 0 Å². The van der Waals surface area contributed by atoms with Gasteiger partial charge in [-0.1, -0.05) is 30.3 Å². The van der Waals surface area contributed by atoms with E-state index in [-0.39, 0.29) is 24.5 Å². The van der Waals surface area contributed by atoms with Crippen molar-refractivity contribution in [2.75, 3.05) is 7.11 Å². The van der Waals surface area contributed by atoms with Gasteiger partial charge in [-0.25, -0.2) is 0 Å². The van der Waals surface area contributed by atoms with Crippen LogP contribution in [0.2, 0.25) is 0 Å². The molecule has 0 radical (unpaired) electrons. The summed E-state index contributed by atoms with van der Waals surface area (Å²) >= 11 is 1.41. The summed E-state index contributed by atoms with van der Waals surface area (Å²) in [4.78, 5) is 24.4. The molecule has 0 aliphatic rings. The summed E-state index contributed by atoms with van der Waals surface area (Å²) in [5, 5.41) is 4.72. The Morgan fingerprint density at radius 1 is 1.09 bits per heavy atom. The summed E-state index contributed by atoms with van der Waals surface area (Å²) in [5.41, 5.74) is 2.09. The largest absolute Gasteiger partial charge is 0.380 e. The number of carbonyl (C=O) groups is 2. The minimum atomic E-state index is -0.114. The molecular formula is C17H19NO3S. The number of carbonyl (C=O) groups excluding carboxylic acids is 2. The Kier molecular flexibility index (Phi) is 6.30. The van der Waals surface area contributed by atoms with Gasteiger partial charge in [0, 0.05) is 26.5 Å². The van der Waals surface area contributed by atoms with E-state index in [2.05, 4.69) is 5.32 Å². The number of nitrogens with one attached hydrogen (secondary N) is 1. The molecule has 1 aromatic carbocycles. The lowest BCUT2D eigenvalue weighted by molar-refractivity contribution is -0.121. The van der Waals surface area contributed by atoms with E-state index in [9.17, 15) is 9.59 Å². The molecule has 1 aromatic heterocycles. The Morgan fingerprint density at radius 3 is 2.55 bits per heavy atom. The van der Waals surface area contributed by atoms with E-state index in [4.69, 9.17) is 4.74 Å². The normalized spacial score (nSPS) is 10.4. The van der Waals surface area contributed by atoms with Gasteiger partial charge in [0.1, 0.15) is 0 Å². The van der Waals surface area contributed by atoms with Crippen LogP contribution >= 0.6 is 11.3 Å². The molecule has 0 spiro atoms. The first-order valence-electron chi connectivity index (χ1n) is 7.10. The lowest BCUT2D eigenvalue weighted by atomic mass is 10.1. The van der Waals surface area contributed by atoms with Gasteiger partial charge in [0.15, 0.2) is 5.78 Å². The minimum absolute atomic E-state index is 0.0185. The van der Waals surface area contributed by atoms with Crippen molar-refractivity contribution in [3.63, 3.8) is 0 Å². The second-order valence-electron chi connectivity index (χ2n) is 4.88. The van der Waals surface area contributed by atoms with E-state index in [0.717, 1.165) is 11.1 Å². The lowest BCUT2D eigenvalue weighted by Crippen LogP contribution is -2.23. The van der Waals surface area contributed by atoms with Gasteiger partial charge in [0.05, 0.1) is 11.5 Å². The van der Waals surface area contributed by atoms with Crippen LogP contribution < -0.4 is 5.32 Å². The lowest BCUT2D eigenvalue weighted by Gasteiger charge is -2.10. The summed E-state index contributed by atoms with van der Waals surface area (Å²) < 4.78 is 5.14. The Hall–Kier alpha value is -1.98. The zero-order chi connectivity index (χ0) is 15.8. The molecule has 0 atom stereocenters. The number of ether oxygens (including phenoxy) is 1. The average Bonchev–Trinajstić information content (AvgIpc) is 3.06. The first-order chi connectivity index (χ1) is 10.7. The highest BCUT2D eigenvalue weighted by Gasteiger charge is 2.10. The molecular weight excluding hydrogens is 298 g/mol. The van der Waals surface area contributed by atoms with Gasteiger partial charge >= 0.3 is 0 Å². The number of thiophene rings is 1. The Morgan fingerprint density at radius 2 is 1.86 bits per heavy atom. The highest BCUT2D eigenvalue weighted by atomic mass is 32.1. The van der Waals surface area contributed by atoms with Gasteiger partial charge in [-0.05, 0) is 22.6 Å². The van der Waals surface area contributed by atoms with E-state index in [1.807, 2.05) is 35.7 Å². The third kappa shape index (κ3) is 4.79. The van der Waals surface area contributed by atoms with E-state index in [1.54, 1.807) is 13.2 Å². The van der Waals surface area contributed by atoms with Crippen LogP contribution in [-0.2, 0) is 22.7 Å². The molecule has 1 N–H and O–H groups in total. The molecule has 2 rings (SSSR count).